The fourth-order valence-electron chi connectivity index (χ4n) is 4.29. The summed E-state index contributed by atoms with van der Waals surface area (Å²) in [5.74, 6) is -0.273. The number of benzene rings is 2. The lowest BCUT2D eigenvalue weighted by molar-refractivity contribution is -0.114. The van der Waals surface area contributed by atoms with E-state index in [9.17, 15) is 22.4 Å². The van der Waals surface area contributed by atoms with Gasteiger partial charge in [-0.25, -0.2) is 9.37 Å². The van der Waals surface area contributed by atoms with Crippen molar-refractivity contribution in [1.29, 1.82) is 0 Å². The Labute approximate surface area is 200 Å². The quantitative estimate of drug-likeness (QED) is 0.442. The summed E-state index contributed by atoms with van der Waals surface area (Å²) in [6, 6.07) is 12.8. The van der Waals surface area contributed by atoms with Crippen LogP contribution in [0.15, 0.2) is 55.1 Å². The lowest BCUT2D eigenvalue weighted by atomic mass is 9.98. The van der Waals surface area contributed by atoms with E-state index in [4.69, 9.17) is 0 Å². The Balaban J connectivity index is 1.86. The number of halogens is 4. The molecule has 1 aromatic heterocycles. The number of piperidine rings is 1. The number of nitrogens with one attached hydrogen (secondary N) is 2. The number of fused-ring (bicyclic) bond motifs is 1. The topological polar surface area (TPSA) is 57.3 Å². The van der Waals surface area contributed by atoms with Crippen LogP contribution in [0.3, 0.4) is 0 Å². The van der Waals surface area contributed by atoms with Crippen molar-refractivity contribution in [1.82, 2.24) is 9.88 Å². The van der Waals surface area contributed by atoms with E-state index in [1.165, 1.54) is 6.92 Å². The first-order chi connectivity index (χ1) is 16.5. The number of hydrogen-bond donors (Lipinski definition) is 2. The number of rotatable bonds is 5. The molecular weight excluding hydrogens is 460 g/mol. The van der Waals surface area contributed by atoms with Gasteiger partial charge in [-0.2, -0.15) is 13.2 Å². The Hall–Kier alpha value is -3.46. The highest BCUT2D eigenvalue weighted by molar-refractivity contribution is 6.02. The van der Waals surface area contributed by atoms with E-state index in [-0.39, 0.29) is 29.2 Å². The number of alkyl halides is 4. The minimum absolute atomic E-state index is 0.266. The Morgan fingerprint density at radius 2 is 1.89 bits per heavy atom. The maximum absolute atomic E-state index is 14.7. The number of pyridine rings is 1. The van der Waals surface area contributed by atoms with Crippen LogP contribution in [0, 0.1) is 0 Å². The van der Waals surface area contributed by atoms with Gasteiger partial charge in [-0.3, -0.25) is 4.79 Å². The molecule has 2 N–H and O–H groups in total. The zero-order valence-corrected chi connectivity index (χ0v) is 19.4. The fourth-order valence-corrected chi connectivity index (χ4v) is 4.29. The molecule has 1 aliphatic rings. The van der Waals surface area contributed by atoms with Crippen molar-refractivity contribution >= 4 is 33.6 Å². The number of allylic oxidation sites excluding steroid dienone is 1. The van der Waals surface area contributed by atoms with Crippen LogP contribution < -0.4 is 10.6 Å². The van der Waals surface area contributed by atoms with Crippen LogP contribution in [0.4, 0.5) is 28.9 Å². The number of amides is 1. The molecule has 9 heteroatoms. The summed E-state index contributed by atoms with van der Waals surface area (Å²) >= 11 is 0. The zero-order chi connectivity index (χ0) is 25.3. The molecule has 1 fully saturated rings. The summed E-state index contributed by atoms with van der Waals surface area (Å²) in [5, 5.41) is 6.63. The third kappa shape index (κ3) is 5.45. The van der Waals surface area contributed by atoms with Crippen molar-refractivity contribution in [2.24, 2.45) is 0 Å². The lowest BCUT2D eigenvalue weighted by Gasteiger charge is -2.33. The van der Waals surface area contributed by atoms with Crippen molar-refractivity contribution in [2.75, 3.05) is 30.8 Å². The van der Waals surface area contributed by atoms with E-state index in [1.807, 2.05) is 11.9 Å². The Bertz CT molecular complexity index is 1270. The molecule has 0 spiro atoms. The molecule has 1 saturated heterocycles. The van der Waals surface area contributed by atoms with Gasteiger partial charge in [0.1, 0.15) is 6.17 Å². The lowest BCUT2D eigenvalue weighted by Crippen LogP contribution is -2.46. The Kier molecular flexibility index (Phi) is 6.80. The van der Waals surface area contributed by atoms with Crippen molar-refractivity contribution in [3.05, 3.63) is 60.8 Å². The average Bonchev–Trinajstić information content (AvgIpc) is 2.79. The van der Waals surface area contributed by atoms with Crippen LogP contribution in [-0.2, 0) is 4.79 Å². The monoisotopic (exact) mass is 486 g/mol. The van der Waals surface area contributed by atoms with Crippen LogP contribution >= 0.6 is 0 Å². The second kappa shape index (κ2) is 9.65. The summed E-state index contributed by atoms with van der Waals surface area (Å²) in [6.07, 6.45) is -5.24. The molecule has 35 heavy (non-hydrogen) atoms. The maximum Gasteiger partial charge on any atom is 0.417 e. The summed E-state index contributed by atoms with van der Waals surface area (Å²) in [4.78, 5) is 17.7. The van der Waals surface area contributed by atoms with Crippen LogP contribution in [-0.4, -0.2) is 54.3 Å². The van der Waals surface area contributed by atoms with Gasteiger partial charge < -0.3 is 15.5 Å². The highest BCUT2D eigenvalue weighted by Gasteiger charge is 2.35. The molecule has 184 valence electrons. The SMILES string of the molecule is C=C(c1nc(-c2cccc(NC(C)=O)c2)cc2c(N[C@@H]3CCN(C)C[C@@H]3F)cccc12)C(F)(F)F. The Morgan fingerprint density at radius 1 is 1.14 bits per heavy atom. The molecule has 0 saturated carbocycles. The van der Waals surface area contributed by atoms with Crippen LogP contribution in [0.1, 0.15) is 19.0 Å². The predicted molar refractivity (Wildman–Crippen MR) is 131 cm³/mol. The van der Waals surface area contributed by atoms with Gasteiger partial charge in [0.25, 0.3) is 0 Å². The highest BCUT2D eigenvalue weighted by Crippen LogP contribution is 2.39. The summed E-state index contributed by atoms with van der Waals surface area (Å²) in [7, 11) is 1.85. The average molecular weight is 487 g/mol. The standard InChI is InChI=1S/C26H26F4N4O/c1-15(26(28,29)30)25-19-8-5-9-22(32-23-10-11-34(3)14-21(23)27)20(19)13-24(33-25)17-6-4-7-18(12-17)31-16(2)35/h4-9,12-13,21,23,32H,1,10-11,14H2,2-3H3,(H,31,35)/t21-,23+/m0/s1. The van der Waals surface area contributed by atoms with Crippen LogP contribution in [0.5, 0.6) is 0 Å². The summed E-state index contributed by atoms with van der Waals surface area (Å²) in [6.45, 7) is 5.63. The van der Waals surface area contributed by atoms with Crippen LogP contribution in [0.25, 0.3) is 27.6 Å². The predicted octanol–water partition coefficient (Wildman–Crippen LogP) is 5.89. The molecule has 0 unspecified atom stereocenters. The van der Waals surface area contributed by atoms with Gasteiger partial charge in [-0.1, -0.05) is 30.8 Å². The molecule has 0 bridgehead atoms. The van der Waals surface area contributed by atoms with Gasteiger partial charge >= 0.3 is 6.18 Å². The van der Waals surface area contributed by atoms with Gasteiger partial charge in [0.05, 0.1) is 23.0 Å². The molecular formula is C26H26F4N4O. The van der Waals surface area contributed by atoms with Crippen LogP contribution in [0.2, 0.25) is 0 Å². The van der Waals surface area contributed by atoms with E-state index in [2.05, 4.69) is 22.2 Å². The van der Waals surface area contributed by atoms with Gasteiger partial charge in [-0.15, -0.1) is 0 Å². The van der Waals surface area contributed by atoms with Gasteiger partial charge in [0, 0.05) is 47.7 Å². The molecule has 2 aromatic carbocycles. The minimum Gasteiger partial charge on any atom is -0.379 e. The molecule has 4 rings (SSSR count). The third-order valence-electron chi connectivity index (χ3n) is 6.07. The molecule has 1 aliphatic heterocycles. The summed E-state index contributed by atoms with van der Waals surface area (Å²) < 4.78 is 55.9. The minimum atomic E-state index is -4.68. The second-order valence-electron chi connectivity index (χ2n) is 8.81. The smallest absolute Gasteiger partial charge is 0.379 e. The van der Waals surface area contributed by atoms with Gasteiger partial charge in [-0.05, 0) is 37.7 Å². The fraction of sp³-hybridized carbons (Fsp3) is 0.308. The zero-order valence-electron chi connectivity index (χ0n) is 19.4. The number of anilines is 2. The number of hydrogen-bond acceptors (Lipinski definition) is 4. The third-order valence-corrected chi connectivity index (χ3v) is 6.07. The van der Waals surface area contributed by atoms with Crippen molar-refractivity contribution < 1.29 is 22.4 Å². The van der Waals surface area contributed by atoms with Gasteiger partial charge in [0.2, 0.25) is 5.91 Å². The summed E-state index contributed by atoms with van der Waals surface area (Å²) in [5.41, 5.74) is 0.455. The maximum atomic E-state index is 14.7. The number of carbonyl (C=O) groups is 1. The van der Waals surface area contributed by atoms with E-state index in [1.54, 1.807) is 48.5 Å². The molecule has 5 nitrogen and oxygen atoms in total. The molecule has 0 radical (unpaired) electrons. The molecule has 2 heterocycles. The Morgan fingerprint density at radius 3 is 2.57 bits per heavy atom. The van der Waals surface area contributed by atoms with Gasteiger partial charge in [0.15, 0.2) is 0 Å². The number of carbonyl (C=O) groups excluding carboxylic acids is 1. The first kappa shape index (κ1) is 24.7. The number of nitrogens with zero attached hydrogens (tertiary/aromatic N) is 2. The normalized spacial score (nSPS) is 18.9. The molecule has 1 amide bonds. The first-order valence-corrected chi connectivity index (χ1v) is 11.2. The largest absolute Gasteiger partial charge is 0.417 e. The van der Waals surface area contributed by atoms with Crippen molar-refractivity contribution in [2.45, 2.75) is 31.7 Å². The van der Waals surface area contributed by atoms with E-state index in [0.29, 0.717) is 35.3 Å². The molecule has 0 aliphatic carbocycles. The first-order valence-electron chi connectivity index (χ1n) is 11.2. The number of likely N-dealkylation sites (tertiary alicyclic amines) is 1. The highest BCUT2D eigenvalue weighted by atomic mass is 19.4. The van der Waals surface area contributed by atoms with E-state index < -0.39 is 24.0 Å². The number of aromatic nitrogens is 1. The molecule has 2 atom stereocenters. The second-order valence-corrected chi connectivity index (χ2v) is 8.81. The van der Waals surface area contributed by atoms with E-state index in [0.717, 1.165) is 0 Å². The van der Waals surface area contributed by atoms with E-state index >= 15 is 0 Å². The molecule has 3 aromatic rings. The van der Waals surface area contributed by atoms with Crippen molar-refractivity contribution in [3.63, 3.8) is 0 Å². The van der Waals surface area contributed by atoms with Crippen molar-refractivity contribution in [3.8, 4) is 11.3 Å².